The van der Waals surface area contributed by atoms with E-state index in [1.807, 2.05) is 30.3 Å². The highest BCUT2D eigenvalue weighted by Gasteiger charge is 2.12. The van der Waals surface area contributed by atoms with Crippen LogP contribution < -0.4 is 14.8 Å². The number of anilines is 1. The summed E-state index contributed by atoms with van der Waals surface area (Å²) in [6, 6.07) is 20.2. The van der Waals surface area contributed by atoms with Crippen molar-refractivity contribution in [2.45, 2.75) is 6.61 Å². The Morgan fingerprint density at radius 2 is 1.71 bits per heavy atom. The van der Waals surface area contributed by atoms with Crippen molar-refractivity contribution in [1.82, 2.24) is 0 Å². The van der Waals surface area contributed by atoms with E-state index in [9.17, 15) is 14.9 Å². The standard InChI is InChI=1S/C21H18N2O5/c1-27-20-13-16(7-12-19(20)28-14-15-5-3-2-4-6-15)21(24)22-17-8-10-18(11-9-17)23(25)26/h2-13H,14H2,1H3,(H,22,24). The normalized spacial score (nSPS) is 10.2. The molecule has 0 unspecified atom stereocenters. The maximum atomic E-state index is 12.5. The summed E-state index contributed by atoms with van der Waals surface area (Å²) in [5, 5.41) is 13.4. The Morgan fingerprint density at radius 1 is 1.00 bits per heavy atom. The Hall–Kier alpha value is -3.87. The van der Waals surface area contributed by atoms with Gasteiger partial charge in [-0.15, -0.1) is 0 Å². The van der Waals surface area contributed by atoms with Gasteiger partial charge in [0.05, 0.1) is 12.0 Å². The van der Waals surface area contributed by atoms with Crippen LogP contribution in [-0.2, 0) is 6.61 Å². The van der Waals surface area contributed by atoms with Gasteiger partial charge in [-0.3, -0.25) is 14.9 Å². The van der Waals surface area contributed by atoms with E-state index in [4.69, 9.17) is 9.47 Å². The second-order valence-corrected chi connectivity index (χ2v) is 5.90. The predicted octanol–water partition coefficient (Wildman–Crippen LogP) is 4.43. The molecule has 0 radical (unpaired) electrons. The molecule has 3 aromatic carbocycles. The summed E-state index contributed by atoms with van der Waals surface area (Å²) in [6.45, 7) is 0.380. The Morgan fingerprint density at radius 3 is 2.36 bits per heavy atom. The summed E-state index contributed by atoms with van der Waals surface area (Å²) in [7, 11) is 1.50. The van der Waals surface area contributed by atoms with Crippen LogP contribution in [0.15, 0.2) is 72.8 Å². The van der Waals surface area contributed by atoms with Crippen LogP contribution in [0.3, 0.4) is 0 Å². The minimum atomic E-state index is -0.495. The van der Waals surface area contributed by atoms with Gasteiger partial charge in [-0.05, 0) is 35.9 Å². The summed E-state index contributed by atoms with van der Waals surface area (Å²) < 4.78 is 11.1. The highest BCUT2D eigenvalue weighted by Crippen LogP contribution is 2.29. The molecule has 0 fully saturated rings. The fourth-order valence-electron chi connectivity index (χ4n) is 2.53. The molecular weight excluding hydrogens is 360 g/mol. The van der Waals surface area contributed by atoms with Crippen molar-refractivity contribution in [1.29, 1.82) is 0 Å². The van der Waals surface area contributed by atoms with Crippen LogP contribution in [0.1, 0.15) is 15.9 Å². The van der Waals surface area contributed by atoms with Crippen molar-refractivity contribution in [2.75, 3.05) is 12.4 Å². The van der Waals surface area contributed by atoms with Gasteiger partial charge in [0.2, 0.25) is 0 Å². The highest BCUT2D eigenvalue weighted by molar-refractivity contribution is 6.04. The fraction of sp³-hybridized carbons (Fsp3) is 0.0952. The Labute approximate surface area is 161 Å². The molecule has 0 heterocycles. The lowest BCUT2D eigenvalue weighted by Gasteiger charge is -2.12. The van der Waals surface area contributed by atoms with Crippen LogP contribution >= 0.6 is 0 Å². The maximum Gasteiger partial charge on any atom is 0.269 e. The van der Waals surface area contributed by atoms with Gasteiger partial charge in [0.25, 0.3) is 11.6 Å². The molecule has 28 heavy (non-hydrogen) atoms. The molecule has 0 aliphatic heterocycles. The number of nitro groups is 1. The summed E-state index contributed by atoms with van der Waals surface area (Å²) in [5.41, 5.74) is 1.81. The third-order valence-corrected chi connectivity index (χ3v) is 4.00. The van der Waals surface area contributed by atoms with Crippen molar-refractivity contribution in [3.05, 3.63) is 94.0 Å². The monoisotopic (exact) mass is 378 g/mol. The van der Waals surface area contributed by atoms with E-state index in [0.29, 0.717) is 29.4 Å². The number of carbonyl (C=O) groups is 1. The molecule has 0 aromatic heterocycles. The summed E-state index contributed by atoms with van der Waals surface area (Å²) >= 11 is 0. The number of nitro benzene ring substituents is 1. The molecule has 0 bridgehead atoms. The number of non-ortho nitro benzene ring substituents is 1. The minimum absolute atomic E-state index is 0.0421. The number of nitrogens with one attached hydrogen (secondary N) is 1. The summed E-state index contributed by atoms with van der Waals surface area (Å²) in [5.74, 6) is 0.604. The molecule has 142 valence electrons. The molecule has 7 nitrogen and oxygen atoms in total. The number of hydrogen-bond donors (Lipinski definition) is 1. The van der Waals surface area contributed by atoms with Crippen LogP contribution in [0, 0.1) is 10.1 Å². The van der Waals surface area contributed by atoms with Crippen LogP contribution in [0.4, 0.5) is 11.4 Å². The molecule has 1 N–H and O–H groups in total. The average molecular weight is 378 g/mol. The van der Waals surface area contributed by atoms with Crippen molar-refractivity contribution >= 4 is 17.3 Å². The van der Waals surface area contributed by atoms with E-state index in [2.05, 4.69) is 5.32 Å². The van der Waals surface area contributed by atoms with Crippen LogP contribution in [0.25, 0.3) is 0 Å². The second-order valence-electron chi connectivity index (χ2n) is 5.90. The number of amides is 1. The molecule has 3 aromatic rings. The van der Waals surface area contributed by atoms with Crippen LogP contribution in [0.2, 0.25) is 0 Å². The Balaban J connectivity index is 1.69. The van der Waals surface area contributed by atoms with E-state index in [1.54, 1.807) is 18.2 Å². The maximum absolute atomic E-state index is 12.5. The first-order valence-electron chi connectivity index (χ1n) is 8.47. The molecule has 0 aliphatic rings. The van der Waals surface area contributed by atoms with E-state index >= 15 is 0 Å². The first-order chi connectivity index (χ1) is 13.6. The van der Waals surface area contributed by atoms with Gasteiger partial charge in [-0.25, -0.2) is 0 Å². The smallest absolute Gasteiger partial charge is 0.269 e. The zero-order valence-corrected chi connectivity index (χ0v) is 15.1. The third kappa shape index (κ3) is 4.64. The van der Waals surface area contributed by atoms with Gasteiger partial charge < -0.3 is 14.8 Å². The van der Waals surface area contributed by atoms with E-state index in [-0.39, 0.29) is 11.6 Å². The van der Waals surface area contributed by atoms with E-state index < -0.39 is 4.92 Å². The average Bonchev–Trinajstić information content (AvgIpc) is 2.73. The Kier molecular flexibility index (Phi) is 5.86. The van der Waals surface area contributed by atoms with E-state index in [0.717, 1.165) is 5.56 Å². The lowest BCUT2D eigenvalue weighted by atomic mass is 10.1. The van der Waals surface area contributed by atoms with Gasteiger partial charge in [0.15, 0.2) is 11.5 Å². The SMILES string of the molecule is COc1cc(C(=O)Nc2ccc([N+](=O)[O-])cc2)ccc1OCc1ccccc1. The first kappa shape index (κ1) is 18.9. The number of hydrogen-bond acceptors (Lipinski definition) is 5. The number of rotatable bonds is 7. The zero-order chi connectivity index (χ0) is 19.9. The van der Waals surface area contributed by atoms with Gasteiger partial charge >= 0.3 is 0 Å². The van der Waals surface area contributed by atoms with E-state index in [1.165, 1.54) is 31.4 Å². The van der Waals surface area contributed by atoms with Crippen molar-refractivity contribution in [3.8, 4) is 11.5 Å². The van der Waals surface area contributed by atoms with Gasteiger partial charge in [-0.1, -0.05) is 30.3 Å². The molecule has 0 spiro atoms. The molecular formula is C21H18N2O5. The van der Waals surface area contributed by atoms with Crippen LogP contribution in [0.5, 0.6) is 11.5 Å². The number of benzene rings is 3. The molecule has 0 saturated carbocycles. The molecule has 0 atom stereocenters. The minimum Gasteiger partial charge on any atom is -0.493 e. The fourth-order valence-corrected chi connectivity index (χ4v) is 2.53. The van der Waals surface area contributed by atoms with Gasteiger partial charge in [0.1, 0.15) is 6.61 Å². The quantitative estimate of drug-likeness (QED) is 0.485. The predicted molar refractivity (Wildman–Crippen MR) is 105 cm³/mol. The highest BCUT2D eigenvalue weighted by atomic mass is 16.6. The summed E-state index contributed by atoms with van der Waals surface area (Å²) in [4.78, 5) is 22.6. The number of carbonyl (C=O) groups excluding carboxylic acids is 1. The second kappa shape index (κ2) is 8.68. The molecule has 7 heteroatoms. The van der Waals surface area contributed by atoms with Gasteiger partial charge in [0, 0.05) is 23.4 Å². The molecule has 0 aliphatic carbocycles. The zero-order valence-electron chi connectivity index (χ0n) is 15.1. The lowest BCUT2D eigenvalue weighted by Crippen LogP contribution is -2.12. The van der Waals surface area contributed by atoms with Gasteiger partial charge in [-0.2, -0.15) is 0 Å². The molecule has 1 amide bonds. The third-order valence-electron chi connectivity index (χ3n) is 4.00. The molecule has 0 saturated heterocycles. The van der Waals surface area contributed by atoms with Crippen molar-refractivity contribution in [2.24, 2.45) is 0 Å². The van der Waals surface area contributed by atoms with Crippen LogP contribution in [-0.4, -0.2) is 17.9 Å². The van der Waals surface area contributed by atoms with Crippen molar-refractivity contribution < 1.29 is 19.2 Å². The lowest BCUT2D eigenvalue weighted by molar-refractivity contribution is -0.384. The number of methoxy groups -OCH3 is 1. The largest absolute Gasteiger partial charge is 0.493 e. The Bertz CT molecular complexity index is 972. The summed E-state index contributed by atoms with van der Waals surface area (Å²) in [6.07, 6.45) is 0. The molecule has 3 rings (SSSR count). The first-order valence-corrected chi connectivity index (χ1v) is 8.47. The number of nitrogens with zero attached hydrogens (tertiary/aromatic N) is 1. The number of ether oxygens (including phenoxy) is 2. The van der Waals surface area contributed by atoms with Crippen molar-refractivity contribution in [3.63, 3.8) is 0 Å². The topological polar surface area (TPSA) is 90.7 Å².